The lowest BCUT2D eigenvalue weighted by Gasteiger charge is -2.25. The van der Waals surface area contributed by atoms with Crippen LogP contribution >= 0.6 is 15.9 Å². The summed E-state index contributed by atoms with van der Waals surface area (Å²) in [6.45, 7) is 5.98. The molecule has 0 bridgehead atoms. The number of hydrogen-bond donors (Lipinski definition) is 2. The van der Waals surface area contributed by atoms with Gasteiger partial charge >= 0.3 is 0 Å². The molecule has 90 valence electrons. The smallest absolute Gasteiger partial charge is 0.144 e. The van der Waals surface area contributed by atoms with Crippen LogP contribution in [0.4, 0.5) is 5.69 Å². The van der Waals surface area contributed by atoms with Gasteiger partial charge in [0.05, 0.1) is 10.2 Å². The number of phenols is 2. The molecule has 2 N–H and O–H groups in total. The minimum absolute atomic E-state index is 0.145. The SMILES string of the molecule is CN(C)c1c(O)c(C(C)(C)C)cc(O)c1Br. The Hall–Kier alpha value is -0.900. The maximum Gasteiger partial charge on any atom is 0.144 e. The van der Waals surface area contributed by atoms with Crippen LogP contribution in [-0.2, 0) is 5.41 Å². The summed E-state index contributed by atoms with van der Waals surface area (Å²) in [6, 6.07) is 1.60. The molecule has 0 unspecified atom stereocenters. The number of anilines is 1. The van der Waals surface area contributed by atoms with Gasteiger partial charge in [0.1, 0.15) is 11.5 Å². The third kappa shape index (κ3) is 2.26. The first kappa shape index (κ1) is 13.2. The summed E-state index contributed by atoms with van der Waals surface area (Å²) in [6.07, 6.45) is 0. The fraction of sp³-hybridized carbons (Fsp3) is 0.500. The van der Waals surface area contributed by atoms with Gasteiger partial charge in [-0.1, -0.05) is 20.8 Å². The average molecular weight is 288 g/mol. The largest absolute Gasteiger partial charge is 0.507 e. The minimum Gasteiger partial charge on any atom is -0.507 e. The zero-order valence-electron chi connectivity index (χ0n) is 10.3. The van der Waals surface area contributed by atoms with E-state index in [1.807, 2.05) is 34.9 Å². The monoisotopic (exact) mass is 287 g/mol. The molecule has 0 aliphatic rings. The number of nitrogens with zero attached hydrogens (tertiary/aromatic N) is 1. The first-order valence-electron chi connectivity index (χ1n) is 5.08. The molecule has 1 aromatic rings. The van der Waals surface area contributed by atoms with E-state index in [9.17, 15) is 10.2 Å². The highest BCUT2D eigenvalue weighted by molar-refractivity contribution is 9.10. The molecule has 0 atom stereocenters. The summed E-state index contributed by atoms with van der Waals surface area (Å²) < 4.78 is 0.517. The maximum atomic E-state index is 10.2. The molecule has 3 nitrogen and oxygen atoms in total. The van der Waals surface area contributed by atoms with Gasteiger partial charge in [0, 0.05) is 19.7 Å². The predicted molar refractivity (Wildman–Crippen MR) is 70.5 cm³/mol. The van der Waals surface area contributed by atoms with Gasteiger partial charge in [0.15, 0.2) is 0 Å². The van der Waals surface area contributed by atoms with Crippen molar-refractivity contribution in [3.63, 3.8) is 0 Å². The lowest BCUT2D eigenvalue weighted by molar-refractivity contribution is 0.434. The number of aromatic hydroxyl groups is 2. The van der Waals surface area contributed by atoms with E-state index >= 15 is 0 Å². The fourth-order valence-electron chi connectivity index (χ4n) is 1.60. The van der Waals surface area contributed by atoms with Crippen LogP contribution in [0.25, 0.3) is 0 Å². The van der Waals surface area contributed by atoms with E-state index in [4.69, 9.17) is 0 Å². The molecule has 0 aromatic heterocycles. The summed E-state index contributed by atoms with van der Waals surface area (Å²) in [4.78, 5) is 1.77. The Bertz CT molecular complexity index is 408. The van der Waals surface area contributed by atoms with Gasteiger partial charge in [-0.05, 0) is 27.4 Å². The highest BCUT2D eigenvalue weighted by atomic mass is 79.9. The second-order valence-corrected chi connectivity index (χ2v) is 5.89. The van der Waals surface area contributed by atoms with Crippen molar-refractivity contribution in [1.29, 1.82) is 0 Å². The van der Waals surface area contributed by atoms with Gasteiger partial charge in [0.25, 0.3) is 0 Å². The molecule has 0 fully saturated rings. The maximum absolute atomic E-state index is 10.2. The third-order valence-corrected chi connectivity index (χ3v) is 3.23. The Labute approximate surface area is 105 Å². The zero-order valence-corrected chi connectivity index (χ0v) is 11.9. The topological polar surface area (TPSA) is 43.7 Å². The molecule has 0 saturated heterocycles. The number of benzene rings is 1. The highest BCUT2D eigenvalue weighted by Gasteiger charge is 2.24. The molecule has 0 amide bonds. The van der Waals surface area contributed by atoms with Crippen LogP contribution in [0.1, 0.15) is 26.3 Å². The van der Waals surface area contributed by atoms with Crippen LogP contribution in [0.2, 0.25) is 0 Å². The molecule has 16 heavy (non-hydrogen) atoms. The van der Waals surface area contributed by atoms with Crippen molar-refractivity contribution in [3.05, 3.63) is 16.1 Å². The molecule has 1 rings (SSSR count). The predicted octanol–water partition coefficient (Wildman–Crippen LogP) is 3.22. The lowest BCUT2D eigenvalue weighted by atomic mass is 9.85. The van der Waals surface area contributed by atoms with Crippen LogP contribution in [0.15, 0.2) is 10.5 Å². The van der Waals surface area contributed by atoms with Crippen molar-refractivity contribution in [2.24, 2.45) is 0 Å². The van der Waals surface area contributed by atoms with Gasteiger partial charge in [-0.2, -0.15) is 0 Å². The van der Waals surface area contributed by atoms with Crippen molar-refractivity contribution < 1.29 is 10.2 Å². The van der Waals surface area contributed by atoms with Gasteiger partial charge in [-0.15, -0.1) is 0 Å². The number of halogens is 1. The van der Waals surface area contributed by atoms with E-state index in [0.29, 0.717) is 10.2 Å². The Morgan fingerprint density at radius 2 is 1.69 bits per heavy atom. The van der Waals surface area contributed by atoms with Crippen LogP contribution in [0.3, 0.4) is 0 Å². The van der Waals surface area contributed by atoms with E-state index in [1.165, 1.54) is 0 Å². The van der Waals surface area contributed by atoms with Crippen molar-refractivity contribution in [2.45, 2.75) is 26.2 Å². The van der Waals surface area contributed by atoms with Gasteiger partial charge in [-0.3, -0.25) is 0 Å². The van der Waals surface area contributed by atoms with E-state index in [1.54, 1.807) is 11.0 Å². The quantitative estimate of drug-likeness (QED) is 0.780. The van der Waals surface area contributed by atoms with E-state index in [-0.39, 0.29) is 16.9 Å². The number of rotatable bonds is 1. The van der Waals surface area contributed by atoms with E-state index in [0.717, 1.165) is 5.56 Å². The molecule has 0 radical (unpaired) electrons. The van der Waals surface area contributed by atoms with Crippen molar-refractivity contribution in [1.82, 2.24) is 0 Å². The molecular weight excluding hydrogens is 270 g/mol. The van der Waals surface area contributed by atoms with Crippen LogP contribution in [0, 0.1) is 0 Å². The fourth-order valence-corrected chi connectivity index (χ4v) is 2.26. The van der Waals surface area contributed by atoms with Crippen molar-refractivity contribution in [3.8, 4) is 11.5 Å². The molecular formula is C12H18BrNO2. The van der Waals surface area contributed by atoms with Crippen LogP contribution < -0.4 is 4.90 Å². The number of hydrogen-bond acceptors (Lipinski definition) is 3. The first-order chi connectivity index (χ1) is 7.16. The molecule has 0 saturated carbocycles. The first-order valence-corrected chi connectivity index (χ1v) is 5.87. The summed E-state index contributed by atoms with van der Waals surface area (Å²) in [7, 11) is 3.65. The van der Waals surface area contributed by atoms with Crippen molar-refractivity contribution in [2.75, 3.05) is 19.0 Å². The summed E-state index contributed by atoms with van der Waals surface area (Å²) in [5.41, 5.74) is 1.12. The zero-order chi connectivity index (χ0) is 12.7. The summed E-state index contributed by atoms with van der Waals surface area (Å²) >= 11 is 3.28. The molecule has 0 heterocycles. The summed E-state index contributed by atoms with van der Waals surface area (Å²) in [5.74, 6) is 0.355. The Kier molecular flexibility index (Phi) is 3.43. The third-order valence-electron chi connectivity index (χ3n) is 2.45. The highest BCUT2D eigenvalue weighted by Crippen LogP contribution is 2.46. The lowest BCUT2D eigenvalue weighted by Crippen LogP contribution is -2.15. The Morgan fingerprint density at radius 3 is 2.06 bits per heavy atom. The van der Waals surface area contributed by atoms with E-state index in [2.05, 4.69) is 15.9 Å². The normalized spacial score (nSPS) is 11.6. The molecule has 0 aliphatic carbocycles. The second kappa shape index (κ2) is 4.17. The second-order valence-electron chi connectivity index (χ2n) is 5.10. The summed E-state index contributed by atoms with van der Waals surface area (Å²) in [5, 5.41) is 20.1. The molecule has 0 aliphatic heterocycles. The van der Waals surface area contributed by atoms with Crippen LogP contribution in [0.5, 0.6) is 11.5 Å². The molecule has 0 spiro atoms. The minimum atomic E-state index is -0.215. The molecule has 1 aromatic carbocycles. The standard InChI is InChI=1S/C12H18BrNO2/c1-12(2,3)7-6-8(15)9(13)10(11(7)16)14(4)5/h6,15-16H,1-5H3. The van der Waals surface area contributed by atoms with Gasteiger partial charge in [0.2, 0.25) is 0 Å². The van der Waals surface area contributed by atoms with Gasteiger partial charge in [-0.25, -0.2) is 0 Å². The number of phenolic OH excluding ortho intramolecular Hbond substituents is 2. The Balaban J connectivity index is 3.57. The van der Waals surface area contributed by atoms with Gasteiger partial charge < -0.3 is 15.1 Å². The molecule has 4 heteroatoms. The Morgan fingerprint density at radius 1 is 1.19 bits per heavy atom. The van der Waals surface area contributed by atoms with Crippen LogP contribution in [-0.4, -0.2) is 24.3 Å². The average Bonchev–Trinajstić information content (AvgIpc) is 2.09. The van der Waals surface area contributed by atoms with Crippen molar-refractivity contribution >= 4 is 21.6 Å². The van der Waals surface area contributed by atoms with E-state index < -0.39 is 0 Å².